The van der Waals surface area contributed by atoms with E-state index in [1.54, 1.807) is 18.2 Å². The lowest BCUT2D eigenvalue weighted by molar-refractivity contribution is -0.117. The van der Waals surface area contributed by atoms with Crippen molar-refractivity contribution in [3.8, 4) is 11.1 Å². The van der Waals surface area contributed by atoms with Gasteiger partial charge in [-0.25, -0.2) is 9.59 Å². The molecule has 0 aromatic heterocycles. The van der Waals surface area contributed by atoms with Crippen molar-refractivity contribution in [3.63, 3.8) is 0 Å². The Kier molecular flexibility index (Phi) is 5.76. The third-order valence-corrected chi connectivity index (χ3v) is 6.51. The van der Waals surface area contributed by atoms with Crippen LogP contribution in [0.5, 0.6) is 0 Å². The molecule has 172 valence electrons. The number of carbonyl (C=O) groups is 3. The highest BCUT2D eigenvalue weighted by atomic mass is 16.5. The molecule has 0 spiro atoms. The number of hydrogen-bond donors (Lipinski definition) is 2. The highest BCUT2D eigenvalue weighted by molar-refractivity contribution is 6.00. The molecule has 34 heavy (non-hydrogen) atoms. The molecule has 0 bridgehead atoms. The van der Waals surface area contributed by atoms with E-state index >= 15 is 0 Å². The third-order valence-electron chi connectivity index (χ3n) is 6.51. The van der Waals surface area contributed by atoms with Crippen LogP contribution in [0.3, 0.4) is 0 Å². The van der Waals surface area contributed by atoms with Gasteiger partial charge in [0.25, 0.3) is 0 Å². The third kappa shape index (κ3) is 3.90. The van der Waals surface area contributed by atoms with Crippen molar-refractivity contribution in [2.24, 2.45) is 0 Å². The summed E-state index contributed by atoms with van der Waals surface area (Å²) >= 11 is 0. The van der Waals surface area contributed by atoms with Gasteiger partial charge >= 0.3 is 12.1 Å². The molecule has 0 saturated heterocycles. The number of hydrogen-bond acceptors (Lipinski definition) is 4. The monoisotopic (exact) mass is 456 g/mol. The minimum Gasteiger partial charge on any atom is -0.478 e. The van der Waals surface area contributed by atoms with Crippen LogP contribution in [-0.2, 0) is 16.0 Å². The van der Waals surface area contributed by atoms with Gasteiger partial charge in [0.2, 0.25) is 5.91 Å². The van der Waals surface area contributed by atoms with Gasteiger partial charge in [-0.15, -0.1) is 0 Å². The minimum atomic E-state index is -1.01. The number of nitrogens with zero attached hydrogens (tertiary/aromatic N) is 1. The molecule has 0 atom stereocenters. The Labute approximate surface area is 197 Å². The van der Waals surface area contributed by atoms with Crippen molar-refractivity contribution in [2.45, 2.75) is 18.8 Å². The van der Waals surface area contributed by atoms with Crippen LogP contribution in [0, 0.1) is 0 Å². The summed E-state index contributed by atoms with van der Waals surface area (Å²) in [6.07, 6.45) is 0.599. The van der Waals surface area contributed by atoms with Gasteiger partial charge in [0, 0.05) is 18.2 Å². The molecular weight excluding hydrogens is 432 g/mol. The predicted molar refractivity (Wildman–Crippen MR) is 127 cm³/mol. The molecular formula is C27H24N2O5. The van der Waals surface area contributed by atoms with E-state index in [0.29, 0.717) is 30.6 Å². The molecule has 3 aromatic carbocycles. The molecule has 2 amide bonds. The lowest BCUT2D eigenvalue weighted by atomic mass is 9.96. The largest absolute Gasteiger partial charge is 0.478 e. The Balaban J connectivity index is 1.22. The van der Waals surface area contributed by atoms with Gasteiger partial charge in [-0.05, 0) is 52.8 Å². The Morgan fingerprint density at radius 2 is 1.62 bits per heavy atom. The molecule has 0 unspecified atom stereocenters. The summed E-state index contributed by atoms with van der Waals surface area (Å²) in [6, 6.07) is 21.1. The number of ether oxygens (including phenoxy) is 1. The lowest BCUT2D eigenvalue weighted by Gasteiger charge is -2.30. The number of anilines is 1. The van der Waals surface area contributed by atoms with Crippen molar-refractivity contribution in [1.29, 1.82) is 0 Å². The second-order valence-electron chi connectivity index (χ2n) is 8.44. The first-order valence-corrected chi connectivity index (χ1v) is 11.3. The summed E-state index contributed by atoms with van der Waals surface area (Å²) < 4.78 is 5.50. The zero-order valence-corrected chi connectivity index (χ0v) is 18.5. The fourth-order valence-electron chi connectivity index (χ4n) is 4.98. The van der Waals surface area contributed by atoms with Crippen LogP contribution in [0.4, 0.5) is 10.5 Å². The predicted octanol–water partition coefficient (Wildman–Crippen LogP) is 4.20. The summed E-state index contributed by atoms with van der Waals surface area (Å²) in [4.78, 5) is 38.3. The van der Waals surface area contributed by atoms with Crippen molar-refractivity contribution in [3.05, 3.63) is 89.0 Å². The fraction of sp³-hybridized carbons (Fsp3) is 0.222. The summed E-state index contributed by atoms with van der Waals surface area (Å²) in [6.45, 7) is 0.414. The lowest BCUT2D eigenvalue weighted by Crippen LogP contribution is -2.43. The van der Waals surface area contributed by atoms with Crippen LogP contribution < -0.4 is 10.2 Å². The maximum absolute atomic E-state index is 12.8. The molecule has 1 aliphatic carbocycles. The maximum atomic E-state index is 12.8. The van der Waals surface area contributed by atoms with Crippen LogP contribution in [0.15, 0.2) is 66.7 Å². The second kappa shape index (κ2) is 9.02. The number of alkyl carbamates (subject to hydrolysis) is 1. The zero-order chi connectivity index (χ0) is 23.7. The average molecular weight is 456 g/mol. The summed E-state index contributed by atoms with van der Waals surface area (Å²) in [5.41, 5.74) is 5.97. The van der Waals surface area contributed by atoms with E-state index in [1.165, 1.54) is 4.90 Å². The molecule has 7 nitrogen and oxygen atoms in total. The smallest absolute Gasteiger partial charge is 0.407 e. The van der Waals surface area contributed by atoms with Crippen molar-refractivity contribution in [1.82, 2.24) is 5.32 Å². The highest BCUT2D eigenvalue weighted by Crippen LogP contribution is 2.44. The Morgan fingerprint density at radius 3 is 2.29 bits per heavy atom. The first-order valence-electron chi connectivity index (χ1n) is 11.3. The SMILES string of the molecule is O=C(NCC(=O)N1CCCc2c(C(=O)O)cccc21)OCC1c2ccccc2-c2ccccc21. The van der Waals surface area contributed by atoms with Gasteiger partial charge in [-0.1, -0.05) is 54.6 Å². The Bertz CT molecular complexity index is 1240. The van der Waals surface area contributed by atoms with E-state index in [1.807, 2.05) is 36.4 Å². The first kappa shape index (κ1) is 21.7. The molecule has 3 aromatic rings. The minimum absolute atomic E-state index is 0.0581. The summed E-state index contributed by atoms with van der Waals surface area (Å²) in [7, 11) is 0. The summed E-state index contributed by atoms with van der Waals surface area (Å²) in [5.74, 6) is -1.38. The quantitative estimate of drug-likeness (QED) is 0.600. The molecule has 1 aliphatic heterocycles. The molecule has 1 heterocycles. The van der Waals surface area contributed by atoms with Crippen molar-refractivity contribution < 1.29 is 24.2 Å². The normalized spacial score (nSPS) is 14.1. The molecule has 7 heteroatoms. The number of carboxylic acid groups (broad SMARTS) is 1. The Morgan fingerprint density at radius 1 is 0.941 bits per heavy atom. The van der Waals surface area contributed by atoms with E-state index in [4.69, 9.17) is 4.74 Å². The number of benzene rings is 3. The van der Waals surface area contributed by atoms with Crippen LogP contribution >= 0.6 is 0 Å². The second-order valence-corrected chi connectivity index (χ2v) is 8.44. The van der Waals surface area contributed by atoms with Gasteiger partial charge < -0.3 is 20.1 Å². The van der Waals surface area contributed by atoms with Gasteiger partial charge in [-0.3, -0.25) is 4.79 Å². The summed E-state index contributed by atoms with van der Waals surface area (Å²) in [5, 5.41) is 12.0. The zero-order valence-electron chi connectivity index (χ0n) is 18.5. The van der Waals surface area contributed by atoms with Gasteiger partial charge in [0.15, 0.2) is 0 Å². The number of nitrogens with one attached hydrogen (secondary N) is 1. The number of carboxylic acids is 1. The van der Waals surface area contributed by atoms with Gasteiger partial charge in [0.1, 0.15) is 13.2 Å². The van der Waals surface area contributed by atoms with Crippen LogP contribution in [0.2, 0.25) is 0 Å². The molecule has 2 aliphatic rings. The number of carbonyl (C=O) groups excluding carboxylic acids is 2. The van der Waals surface area contributed by atoms with E-state index in [0.717, 1.165) is 22.3 Å². The molecule has 0 fully saturated rings. The highest BCUT2D eigenvalue weighted by Gasteiger charge is 2.30. The number of aromatic carboxylic acids is 1. The molecule has 0 radical (unpaired) electrons. The van der Waals surface area contributed by atoms with Gasteiger partial charge in [0.05, 0.1) is 5.56 Å². The van der Waals surface area contributed by atoms with E-state index in [9.17, 15) is 19.5 Å². The van der Waals surface area contributed by atoms with Crippen molar-refractivity contribution >= 4 is 23.7 Å². The van der Waals surface area contributed by atoms with E-state index in [2.05, 4.69) is 17.4 Å². The van der Waals surface area contributed by atoms with Gasteiger partial charge in [-0.2, -0.15) is 0 Å². The molecule has 5 rings (SSSR count). The Hall–Kier alpha value is -4.13. The average Bonchev–Trinajstić information content (AvgIpc) is 3.19. The topological polar surface area (TPSA) is 95.9 Å². The fourth-order valence-corrected chi connectivity index (χ4v) is 4.98. The number of amides is 2. The number of rotatable bonds is 5. The maximum Gasteiger partial charge on any atom is 0.407 e. The number of fused-ring (bicyclic) bond motifs is 4. The van der Waals surface area contributed by atoms with Crippen molar-refractivity contribution in [2.75, 3.05) is 24.6 Å². The molecule has 0 saturated carbocycles. The molecule has 2 N–H and O–H groups in total. The van der Waals surface area contributed by atoms with Crippen LogP contribution in [-0.4, -0.2) is 42.8 Å². The first-order chi connectivity index (χ1) is 16.5. The van der Waals surface area contributed by atoms with Crippen LogP contribution in [0.1, 0.15) is 39.4 Å². The van der Waals surface area contributed by atoms with E-state index < -0.39 is 12.1 Å². The standard InChI is InChI=1S/C27H24N2O5/c30-25(29-14-6-12-21-22(26(31)32)11-5-13-24(21)29)15-28-27(33)34-16-23-19-9-3-1-7-17(19)18-8-2-4-10-20(18)23/h1-5,7-11,13,23H,6,12,14-16H2,(H,28,33)(H,31,32). The van der Waals surface area contributed by atoms with Crippen LogP contribution in [0.25, 0.3) is 11.1 Å². The van der Waals surface area contributed by atoms with E-state index in [-0.39, 0.29) is 30.5 Å².